The SMILES string of the molecule is Cc1ccc(S(=O)(=O)n2c(C)nc3c(C)c(C)ccc32)cc1. The number of nitrogens with zero attached hydrogens (tertiary/aromatic N) is 2. The molecule has 0 aliphatic heterocycles. The average molecular weight is 314 g/mol. The van der Waals surface area contributed by atoms with Crippen LogP contribution in [0.1, 0.15) is 22.5 Å². The van der Waals surface area contributed by atoms with E-state index in [0.717, 1.165) is 22.2 Å². The number of hydrogen-bond acceptors (Lipinski definition) is 3. The number of imidazole rings is 1. The molecule has 0 N–H and O–H groups in total. The molecule has 0 fully saturated rings. The normalized spacial score (nSPS) is 12.0. The third-order valence-corrected chi connectivity index (χ3v) is 5.84. The molecule has 2 aromatic carbocycles. The zero-order valence-electron chi connectivity index (χ0n) is 13.1. The van der Waals surface area contributed by atoms with Crippen LogP contribution in [0.3, 0.4) is 0 Å². The monoisotopic (exact) mass is 314 g/mol. The molecule has 0 amide bonds. The molecule has 1 aromatic heterocycles. The number of hydrogen-bond donors (Lipinski definition) is 0. The Hall–Kier alpha value is -2.14. The van der Waals surface area contributed by atoms with Crippen LogP contribution in [0.2, 0.25) is 0 Å². The molecule has 3 rings (SSSR count). The topological polar surface area (TPSA) is 52.0 Å². The predicted octanol–water partition coefficient (Wildman–Crippen LogP) is 3.51. The van der Waals surface area contributed by atoms with Gasteiger partial charge in [-0.25, -0.2) is 17.4 Å². The Balaban J connectivity index is 2.32. The highest BCUT2D eigenvalue weighted by molar-refractivity contribution is 7.90. The van der Waals surface area contributed by atoms with Gasteiger partial charge in [0.05, 0.1) is 15.9 Å². The first kappa shape index (κ1) is 14.8. The lowest BCUT2D eigenvalue weighted by Crippen LogP contribution is -2.14. The highest BCUT2D eigenvalue weighted by Crippen LogP contribution is 2.26. The van der Waals surface area contributed by atoms with Gasteiger partial charge in [0.25, 0.3) is 10.0 Å². The van der Waals surface area contributed by atoms with Crippen molar-refractivity contribution in [2.45, 2.75) is 32.6 Å². The Morgan fingerprint density at radius 1 is 0.909 bits per heavy atom. The van der Waals surface area contributed by atoms with E-state index in [4.69, 9.17) is 0 Å². The molecule has 114 valence electrons. The van der Waals surface area contributed by atoms with E-state index >= 15 is 0 Å². The van der Waals surface area contributed by atoms with E-state index in [0.29, 0.717) is 11.3 Å². The molecule has 1 heterocycles. The summed E-state index contributed by atoms with van der Waals surface area (Å²) in [4.78, 5) is 4.74. The molecule has 0 unspecified atom stereocenters. The van der Waals surface area contributed by atoms with Crippen molar-refractivity contribution in [3.8, 4) is 0 Å². The second-order valence-corrected chi connectivity index (χ2v) is 7.40. The molecule has 0 saturated carbocycles. The van der Waals surface area contributed by atoms with Crippen LogP contribution in [0, 0.1) is 27.7 Å². The van der Waals surface area contributed by atoms with Gasteiger partial charge in [-0.05, 0) is 57.0 Å². The lowest BCUT2D eigenvalue weighted by molar-refractivity contribution is 0.587. The van der Waals surface area contributed by atoms with Crippen LogP contribution < -0.4 is 0 Å². The van der Waals surface area contributed by atoms with E-state index in [1.165, 1.54) is 3.97 Å². The molecular formula is C17H18N2O2S. The first-order chi connectivity index (χ1) is 10.3. The van der Waals surface area contributed by atoms with Crippen molar-refractivity contribution in [2.24, 2.45) is 0 Å². The highest BCUT2D eigenvalue weighted by Gasteiger charge is 2.23. The molecule has 0 aliphatic rings. The Labute approximate surface area is 130 Å². The molecule has 0 aliphatic carbocycles. The second kappa shape index (κ2) is 4.95. The Morgan fingerprint density at radius 3 is 2.18 bits per heavy atom. The van der Waals surface area contributed by atoms with E-state index in [1.807, 2.05) is 32.9 Å². The van der Waals surface area contributed by atoms with Gasteiger partial charge in [0.2, 0.25) is 0 Å². The molecule has 22 heavy (non-hydrogen) atoms. The first-order valence-electron chi connectivity index (χ1n) is 7.10. The summed E-state index contributed by atoms with van der Waals surface area (Å²) in [6.07, 6.45) is 0. The van der Waals surface area contributed by atoms with Gasteiger partial charge in [0, 0.05) is 0 Å². The summed E-state index contributed by atoms with van der Waals surface area (Å²) in [6, 6.07) is 10.6. The first-order valence-corrected chi connectivity index (χ1v) is 8.54. The van der Waals surface area contributed by atoms with Crippen LogP contribution in [-0.2, 0) is 10.0 Å². The zero-order valence-corrected chi connectivity index (χ0v) is 13.9. The van der Waals surface area contributed by atoms with Crippen molar-refractivity contribution in [3.63, 3.8) is 0 Å². The summed E-state index contributed by atoms with van der Waals surface area (Å²) in [7, 11) is -3.65. The number of benzene rings is 2. The van der Waals surface area contributed by atoms with E-state index < -0.39 is 10.0 Å². The zero-order chi connectivity index (χ0) is 16.1. The fraction of sp³-hybridized carbons (Fsp3) is 0.235. The van der Waals surface area contributed by atoms with Gasteiger partial charge < -0.3 is 0 Å². The maximum absolute atomic E-state index is 13.0. The molecular weight excluding hydrogens is 296 g/mol. The summed E-state index contributed by atoms with van der Waals surface area (Å²) in [6.45, 7) is 7.62. The number of rotatable bonds is 2. The fourth-order valence-electron chi connectivity index (χ4n) is 2.59. The van der Waals surface area contributed by atoms with Crippen LogP contribution in [0.15, 0.2) is 41.3 Å². The quantitative estimate of drug-likeness (QED) is 0.727. The van der Waals surface area contributed by atoms with Crippen molar-refractivity contribution in [1.29, 1.82) is 0 Å². The molecule has 0 spiro atoms. The lowest BCUT2D eigenvalue weighted by Gasteiger charge is -2.09. The molecule has 4 nitrogen and oxygen atoms in total. The van der Waals surface area contributed by atoms with Gasteiger partial charge in [-0.2, -0.15) is 0 Å². The Bertz CT molecular complexity index is 968. The maximum atomic E-state index is 13.0. The molecule has 0 radical (unpaired) electrons. The third kappa shape index (κ3) is 2.13. The van der Waals surface area contributed by atoms with E-state index in [-0.39, 0.29) is 4.90 Å². The standard InChI is InChI=1S/C17H18N2O2S/c1-11-5-8-15(9-6-11)22(20,21)19-14(4)18-17-13(3)12(2)7-10-16(17)19/h5-10H,1-4H3. The largest absolute Gasteiger partial charge is 0.269 e. The van der Waals surface area contributed by atoms with Crippen LogP contribution in [0.4, 0.5) is 0 Å². The summed E-state index contributed by atoms with van der Waals surface area (Å²) < 4.78 is 27.3. The summed E-state index contributed by atoms with van der Waals surface area (Å²) in [5.41, 5.74) is 4.51. The number of fused-ring (bicyclic) bond motifs is 1. The Morgan fingerprint density at radius 2 is 1.55 bits per heavy atom. The Kier molecular flexibility index (Phi) is 3.33. The minimum absolute atomic E-state index is 0.277. The average Bonchev–Trinajstić information content (AvgIpc) is 2.81. The van der Waals surface area contributed by atoms with E-state index in [9.17, 15) is 8.42 Å². The molecule has 0 atom stereocenters. The van der Waals surface area contributed by atoms with Gasteiger partial charge >= 0.3 is 0 Å². The van der Waals surface area contributed by atoms with Gasteiger partial charge in [-0.15, -0.1) is 0 Å². The predicted molar refractivity (Wildman–Crippen MR) is 87.7 cm³/mol. The van der Waals surface area contributed by atoms with Crippen molar-refractivity contribution in [1.82, 2.24) is 8.96 Å². The fourth-order valence-corrected chi connectivity index (χ4v) is 4.08. The van der Waals surface area contributed by atoms with Crippen LogP contribution in [-0.4, -0.2) is 17.4 Å². The number of aromatic nitrogens is 2. The van der Waals surface area contributed by atoms with Crippen LogP contribution in [0.5, 0.6) is 0 Å². The van der Waals surface area contributed by atoms with Crippen molar-refractivity contribution < 1.29 is 8.42 Å². The van der Waals surface area contributed by atoms with E-state index in [1.54, 1.807) is 31.2 Å². The van der Waals surface area contributed by atoms with Gasteiger partial charge in [0.15, 0.2) is 0 Å². The maximum Gasteiger partial charge on any atom is 0.269 e. The summed E-state index contributed by atoms with van der Waals surface area (Å²) >= 11 is 0. The van der Waals surface area contributed by atoms with Crippen LogP contribution in [0.25, 0.3) is 11.0 Å². The molecule has 3 aromatic rings. The van der Waals surface area contributed by atoms with Crippen molar-refractivity contribution in [2.75, 3.05) is 0 Å². The van der Waals surface area contributed by atoms with Crippen molar-refractivity contribution in [3.05, 3.63) is 58.9 Å². The minimum atomic E-state index is -3.65. The molecule has 5 heteroatoms. The highest BCUT2D eigenvalue weighted by atomic mass is 32.2. The van der Waals surface area contributed by atoms with Gasteiger partial charge in [-0.3, -0.25) is 0 Å². The minimum Gasteiger partial charge on any atom is -0.232 e. The van der Waals surface area contributed by atoms with Crippen LogP contribution >= 0.6 is 0 Å². The smallest absolute Gasteiger partial charge is 0.232 e. The summed E-state index contributed by atoms with van der Waals surface area (Å²) in [5.74, 6) is 0.476. The molecule has 0 saturated heterocycles. The third-order valence-electron chi connectivity index (χ3n) is 4.03. The van der Waals surface area contributed by atoms with Crippen molar-refractivity contribution >= 4 is 21.1 Å². The summed E-state index contributed by atoms with van der Waals surface area (Å²) in [5, 5.41) is 0. The van der Waals surface area contributed by atoms with Gasteiger partial charge in [0.1, 0.15) is 5.82 Å². The second-order valence-electron chi connectivity index (χ2n) is 5.62. The lowest BCUT2D eigenvalue weighted by atomic mass is 10.1. The molecule has 0 bridgehead atoms. The van der Waals surface area contributed by atoms with E-state index in [2.05, 4.69) is 4.98 Å². The van der Waals surface area contributed by atoms with Gasteiger partial charge in [-0.1, -0.05) is 23.8 Å². The number of aryl methyl sites for hydroxylation is 4.